The SMILES string of the molecule is COc1ccc(OC)c(CNc2c(C)c(C)nc3cc(-c4ccc(OC)c(OC)c4)nn23)c1. The molecule has 4 aromatic rings. The monoisotopic (exact) mass is 448 g/mol. The van der Waals surface area contributed by atoms with E-state index in [2.05, 4.69) is 5.32 Å². The molecule has 2 aromatic heterocycles. The third-order valence-electron chi connectivity index (χ3n) is 5.70. The maximum Gasteiger partial charge on any atom is 0.161 e. The van der Waals surface area contributed by atoms with Gasteiger partial charge in [-0.05, 0) is 50.2 Å². The van der Waals surface area contributed by atoms with E-state index in [9.17, 15) is 0 Å². The lowest BCUT2D eigenvalue weighted by atomic mass is 10.1. The van der Waals surface area contributed by atoms with E-state index in [0.29, 0.717) is 18.0 Å². The van der Waals surface area contributed by atoms with E-state index in [0.717, 1.165) is 51.0 Å². The van der Waals surface area contributed by atoms with Gasteiger partial charge in [-0.15, -0.1) is 0 Å². The zero-order valence-corrected chi connectivity index (χ0v) is 19.7. The first kappa shape index (κ1) is 22.3. The number of anilines is 1. The molecule has 2 aromatic carbocycles. The lowest BCUT2D eigenvalue weighted by Gasteiger charge is -2.15. The zero-order chi connectivity index (χ0) is 23.5. The minimum atomic E-state index is 0.533. The highest BCUT2D eigenvalue weighted by molar-refractivity contribution is 5.69. The van der Waals surface area contributed by atoms with Gasteiger partial charge in [0.25, 0.3) is 0 Å². The maximum atomic E-state index is 5.52. The summed E-state index contributed by atoms with van der Waals surface area (Å²) < 4.78 is 23.5. The minimum Gasteiger partial charge on any atom is -0.497 e. The van der Waals surface area contributed by atoms with Crippen LogP contribution >= 0.6 is 0 Å². The van der Waals surface area contributed by atoms with E-state index in [-0.39, 0.29) is 0 Å². The molecular weight excluding hydrogens is 420 g/mol. The van der Waals surface area contributed by atoms with Gasteiger partial charge < -0.3 is 24.3 Å². The highest BCUT2D eigenvalue weighted by atomic mass is 16.5. The quantitative estimate of drug-likeness (QED) is 0.420. The van der Waals surface area contributed by atoms with E-state index in [1.165, 1.54) is 0 Å². The van der Waals surface area contributed by atoms with Crippen molar-refractivity contribution in [3.63, 3.8) is 0 Å². The number of aryl methyl sites for hydroxylation is 1. The summed E-state index contributed by atoms with van der Waals surface area (Å²) in [5.41, 5.74) is 5.38. The molecule has 0 fully saturated rings. The molecule has 0 aliphatic carbocycles. The van der Waals surface area contributed by atoms with E-state index in [1.54, 1.807) is 28.4 Å². The van der Waals surface area contributed by atoms with Crippen molar-refractivity contribution < 1.29 is 18.9 Å². The number of nitrogens with one attached hydrogen (secondary N) is 1. The van der Waals surface area contributed by atoms with Crippen LogP contribution in [0.15, 0.2) is 42.5 Å². The van der Waals surface area contributed by atoms with Gasteiger partial charge in [0.1, 0.15) is 17.3 Å². The molecule has 1 N–H and O–H groups in total. The summed E-state index contributed by atoms with van der Waals surface area (Å²) in [6.07, 6.45) is 0. The van der Waals surface area contributed by atoms with Gasteiger partial charge in [-0.2, -0.15) is 9.61 Å². The first-order valence-electron chi connectivity index (χ1n) is 10.5. The van der Waals surface area contributed by atoms with Gasteiger partial charge in [0.15, 0.2) is 17.1 Å². The molecule has 0 amide bonds. The Labute approximate surface area is 193 Å². The van der Waals surface area contributed by atoms with E-state index >= 15 is 0 Å². The van der Waals surface area contributed by atoms with Crippen LogP contribution in [0.5, 0.6) is 23.0 Å². The summed E-state index contributed by atoms with van der Waals surface area (Å²) in [6.45, 7) is 4.56. The van der Waals surface area contributed by atoms with Gasteiger partial charge in [-0.25, -0.2) is 4.98 Å². The van der Waals surface area contributed by atoms with Gasteiger partial charge >= 0.3 is 0 Å². The number of fused-ring (bicyclic) bond motifs is 1. The van der Waals surface area contributed by atoms with Crippen molar-refractivity contribution in [3.8, 4) is 34.3 Å². The topological polar surface area (TPSA) is 79.1 Å². The van der Waals surface area contributed by atoms with Crippen molar-refractivity contribution in [2.45, 2.75) is 20.4 Å². The van der Waals surface area contributed by atoms with Crippen LogP contribution in [0.3, 0.4) is 0 Å². The summed E-state index contributed by atoms with van der Waals surface area (Å²) in [6, 6.07) is 13.4. The smallest absolute Gasteiger partial charge is 0.161 e. The van der Waals surface area contributed by atoms with Gasteiger partial charge in [-0.1, -0.05) is 0 Å². The molecule has 0 spiro atoms. The maximum absolute atomic E-state index is 5.52. The molecular formula is C25H28N4O4. The number of nitrogens with zero attached hydrogens (tertiary/aromatic N) is 3. The van der Waals surface area contributed by atoms with Crippen LogP contribution in [0.25, 0.3) is 16.9 Å². The van der Waals surface area contributed by atoms with Crippen LogP contribution in [-0.2, 0) is 6.54 Å². The number of hydrogen-bond acceptors (Lipinski definition) is 7. The van der Waals surface area contributed by atoms with Crippen molar-refractivity contribution in [1.82, 2.24) is 14.6 Å². The molecule has 0 saturated heterocycles. The average Bonchev–Trinajstić information content (AvgIpc) is 3.27. The summed E-state index contributed by atoms with van der Waals surface area (Å²) >= 11 is 0. The molecule has 0 saturated carbocycles. The predicted octanol–water partition coefficient (Wildman–Crippen LogP) is 4.66. The zero-order valence-electron chi connectivity index (χ0n) is 19.7. The minimum absolute atomic E-state index is 0.533. The Morgan fingerprint density at radius 1 is 0.818 bits per heavy atom. The molecule has 0 atom stereocenters. The van der Waals surface area contributed by atoms with Crippen molar-refractivity contribution in [2.75, 3.05) is 33.8 Å². The molecule has 0 aliphatic heterocycles. The Balaban J connectivity index is 1.74. The predicted molar refractivity (Wildman–Crippen MR) is 128 cm³/mol. The average molecular weight is 449 g/mol. The molecule has 0 aliphatic rings. The number of hydrogen-bond donors (Lipinski definition) is 1. The lowest BCUT2D eigenvalue weighted by Crippen LogP contribution is -2.10. The molecule has 8 nitrogen and oxygen atoms in total. The van der Waals surface area contributed by atoms with Crippen molar-refractivity contribution in [1.29, 1.82) is 0 Å². The number of ether oxygens (including phenoxy) is 4. The second-order valence-electron chi connectivity index (χ2n) is 7.57. The number of aromatic nitrogens is 3. The van der Waals surface area contributed by atoms with E-state index in [4.69, 9.17) is 29.0 Å². The van der Waals surface area contributed by atoms with Crippen LogP contribution in [0.4, 0.5) is 5.82 Å². The highest BCUT2D eigenvalue weighted by Crippen LogP contribution is 2.33. The number of rotatable bonds is 8. The molecule has 2 heterocycles. The second kappa shape index (κ2) is 9.28. The fraction of sp³-hybridized carbons (Fsp3) is 0.280. The third kappa shape index (κ3) is 4.24. The van der Waals surface area contributed by atoms with Gasteiger partial charge in [-0.3, -0.25) is 0 Å². The van der Waals surface area contributed by atoms with Gasteiger partial charge in [0.2, 0.25) is 0 Å². The Bertz CT molecular complexity index is 1300. The largest absolute Gasteiger partial charge is 0.497 e. The van der Waals surface area contributed by atoms with Gasteiger partial charge in [0.05, 0.1) is 34.1 Å². The van der Waals surface area contributed by atoms with E-state index in [1.807, 2.05) is 60.8 Å². The Kier molecular flexibility index (Phi) is 6.26. The summed E-state index contributed by atoms with van der Waals surface area (Å²) in [5.74, 6) is 3.75. The summed E-state index contributed by atoms with van der Waals surface area (Å²) in [5, 5.41) is 8.37. The van der Waals surface area contributed by atoms with Crippen LogP contribution in [-0.4, -0.2) is 43.0 Å². The van der Waals surface area contributed by atoms with Crippen LogP contribution in [0, 0.1) is 13.8 Å². The summed E-state index contributed by atoms with van der Waals surface area (Å²) in [7, 11) is 6.55. The Hall–Kier alpha value is -3.94. The normalized spacial score (nSPS) is 10.8. The fourth-order valence-corrected chi connectivity index (χ4v) is 3.74. The lowest BCUT2D eigenvalue weighted by molar-refractivity contribution is 0.355. The first-order valence-corrected chi connectivity index (χ1v) is 10.5. The molecule has 33 heavy (non-hydrogen) atoms. The fourth-order valence-electron chi connectivity index (χ4n) is 3.74. The van der Waals surface area contributed by atoms with Crippen molar-refractivity contribution >= 4 is 11.5 Å². The Morgan fingerprint density at radius 3 is 2.24 bits per heavy atom. The van der Waals surface area contributed by atoms with Crippen LogP contribution in [0.1, 0.15) is 16.8 Å². The Morgan fingerprint density at radius 2 is 1.55 bits per heavy atom. The van der Waals surface area contributed by atoms with Crippen LogP contribution in [0.2, 0.25) is 0 Å². The molecule has 0 radical (unpaired) electrons. The third-order valence-corrected chi connectivity index (χ3v) is 5.70. The molecule has 8 heteroatoms. The van der Waals surface area contributed by atoms with Crippen molar-refractivity contribution in [3.05, 3.63) is 59.3 Å². The number of benzene rings is 2. The van der Waals surface area contributed by atoms with Crippen molar-refractivity contribution in [2.24, 2.45) is 0 Å². The molecule has 172 valence electrons. The molecule has 0 unspecified atom stereocenters. The highest BCUT2D eigenvalue weighted by Gasteiger charge is 2.16. The first-order chi connectivity index (χ1) is 16.0. The van der Waals surface area contributed by atoms with Crippen LogP contribution < -0.4 is 24.3 Å². The van der Waals surface area contributed by atoms with E-state index < -0.39 is 0 Å². The van der Waals surface area contributed by atoms with Gasteiger partial charge in [0, 0.05) is 35.0 Å². The standard InChI is InChI=1S/C25H28N4O4/c1-15-16(2)27-24-13-20(17-7-9-22(32-5)23(12-17)33-6)28-29(24)25(15)26-14-18-11-19(30-3)8-10-21(18)31-4/h7-13,26H,14H2,1-6H3. The number of methoxy groups -OCH3 is 4. The molecule has 0 bridgehead atoms. The summed E-state index contributed by atoms with van der Waals surface area (Å²) in [4.78, 5) is 4.73. The second-order valence-corrected chi connectivity index (χ2v) is 7.57. The molecule has 4 rings (SSSR count).